The normalized spacial score (nSPS) is 26.9. The van der Waals surface area contributed by atoms with Gasteiger partial charge in [-0.05, 0) is 37.9 Å². The minimum absolute atomic E-state index is 0.0414. The Morgan fingerprint density at radius 3 is 2.62 bits per heavy atom. The molecular weight excluding hydrogens is 360 g/mol. The Hall–Kier alpha value is -2.19. The third kappa shape index (κ3) is 2.39. The summed E-state index contributed by atoms with van der Waals surface area (Å²) in [6.45, 7) is 3.77. The highest BCUT2D eigenvalue weighted by Gasteiger charge is 2.37. The minimum Gasteiger partial charge on any atom is -0.485 e. The van der Waals surface area contributed by atoms with Gasteiger partial charge in [-0.3, -0.25) is 0 Å². The molecule has 2 bridgehead atoms. The first-order chi connectivity index (χ1) is 12.6. The third-order valence-electron chi connectivity index (χ3n) is 5.54. The Kier molecular flexibility index (Phi) is 3.65. The van der Waals surface area contributed by atoms with E-state index in [1.54, 1.807) is 6.07 Å². The van der Waals surface area contributed by atoms with Crippen LogP contribution in [0, 0.1) is 5.92 Å². The monoisotopic (exact) mass is 378 g/mol. The molecule has 4 aliphatic heterocycles. The van der Waals surface area contributed by atoms with Crippen molar-refractivity contribution in [2.45, 2.75) is 18.9 Å². The van der Waals surface area contributed by atoms with E-state index in [9.17, 15) is 4.79 Å². The summed E-state index contributed by atoms with van der Waals surface area (Å²) in [5.41, 5.74) is 6.77. The van der Waals surface area contributed by atoms with E-state index in [0.29, 0.717) is 46.9 Å². The maximum absolute atomic E-state index is 12.5. The highest BCUT2D eigenvalue weighted by molar-refractivity contribution is 6.34. The highest BCUT2D eigenvalue weighted by atomic mass is 35.5. The van der Waals surface area contributed by atoms with E-state index < -0.39 is 5.76 Å². The quantitative estimate of drug-likeness (QED) is 0.795. The Labute approximate surface area is 154 Å². The van der Waals surface area contributed by atoms with Crippen molar-refractivity contribution in [3.8, 4) is 23.0 Å². The van der Waals surface area contributed by atoms with Crippen molar-refractivity contribution < 1.29 is 13.9 Å². The molecule has 2 aromatic rings. The fraction of sp³-hybridized carbons (Fsp3) is 0.529. The van der Waals surface area contributed by atoms with Crippen molar-refractivity contribution in [2.75, 3.05) is 38.6 Å². The zero-order valence-corrected chi connectivity index (χ0v) is 14.9. The molecule has 26 heavy (non-hydrogen) atoms. The topological polar surface area (TPSA) is 95.8 Å². The van der Waals surface area contributed by atoms with Crippen molar-refractivity contribution in [1.29, 1.82) is 0 Å². The van der Waals surface area contributed by atoms with Crippen LogP contribution < -0.4 is 21.0 Å². The number of halogens is 1. The lowest BCUT2D eigenvalue weighted by atomic mass is 9.84. The molecule has 0 spiro atoms. The van der Waals surface area contributed by atoms with Crippen LogP contribution in [-0.2, 0) is 0 Å². The summed E-state index contributed by atoms with van der Waals surface area (Å²) in [6.07, 6.45) is 2.17. The first-order valence-electron chi connectivity index (χ1n) is 8.82. The number of aromatic nitrogens is 2. The standard InChI is InChI=1S/C17H19ClN4O4/c18-11-7-10(14-15(13(11)19)25-6-5-24-14)16-20-22(17(23)26-16)12-8-21-3-1-9(12)2-4-21/h7,9,12H,1-6,8,19H2/t12-/m0/s1. The Morgan fingerprint density at radius 2 is 1.92 bits per heavy atom. The summed E-state index contributed by atoms with van der Waals surface area (Å²) in [7, 11) is 0. The molecular formula is C17H19ClN4O4. The van der Waals surface area contributed by atoms with E-state index in [2.05, 4.69) is 10.00 Å². The van der Waals surface area contributed by atoms with Gasteiger partial charge in [0.05, 0.1) is 22.3 Å². The van der Waals surface area contributed by atoms with Crippen LogP contribution in [0.25, 0.3) is 11.5 Å². The van der Waals surface area contributed by atoms with Gasteiger partial charge in [0.15, 0.2) is 11.5 Å². The van der Waals surface area contributed by atoms with E-state index in [1.807, 2.05) is 0 Å². The summed E-state index contributed by atoms with van der Waals surface area (Å²) >= 11 is 6.23. The highest BCUT2D eigenvalue weighted by Crippen LogP contribution is 2.47. The van der Waals surface area contributed by atoms with E-state index in [-0.39, 0.29) is 11.9 Å². The molecule has 8 nitrogen and oxygen atoms in total. The molecule has 6 rings (SSSR count). The molecule has 138 valence electrons. The van der Waals surface area contributed by atoms with Gasteiger partial charge in [-0.25, -0.2) is 4.79 Å². The van der Waals surface area contributed by atoms with E-state index in [0.717, 1.165) is 32.5 Å². The van der Waals surface area contributed by atoms with Gasteiger partial charge in [-0.15, -0.1) is 5.10 Å². The molecule has 5 heterocycles. The second-order valence-electron chi connectivity index (χ2n) is 7.00. The first kappa shape index (κ1) is 16.0. The van der Waals surface area contributed by atoms with Gasteiger partial charge < -0.3 is 24.5 Å². The number of rotatable bonds is 2. The summed E-state index contributed by atoms with van der Waals surface area (Å²) in [6, 6.07) is 1.65. The number of benzene rings is 1. The molecule has 0 saturated carbocycles. The number of nitrogens with two attached hydrogens (primary N) is 1. The van der Waals surface area contributed by atoms with Gasteiger partial charge in [-0.2, -0.15) is 4.68 Å². The molecule has 1 atom stereocenters. The molecule has 1 aromatic heterocycles. The van der Waals surface area contributed by atoms with Crippen LogP contribution in [0.4, 0.5) is 5.69 Å². The van der Waals surface area contributed by atoms with Gasteiger partial charge in [0.25, 0.3) is 5.89 Å². The van der Waals surface area contributed by atoms with Gasteiger partial charge >= 0.3 is 5.76 Å². The zero-order chi connectivity index (χ0) is 17.8. The smallest absolute Gasteiger partial charge is 0.437 e. The summed E-state index contributed by atoms with van der Waals surface area (Å²) < 4.78 is 18.2. The summed E-state index contributed by atoms with van der Waals surface area (Å²) in [4.78, 5) is 14.9. The zero-order valence-electron chi connectivity index (χ0n) is 14.1. The molecule has 2 N–H and O–H groups in total. The molecule has 0 amide bonds. The van der Waals surface area contributed by atoms with Crippen LogP contribution >= 0.6 is 11.6 Å². The lowest BCUT2D eigenvalue weighted by Crippen LogP contribution is -2.49. The van der Waals surface area contributed by atoms with Gasteiger partial charge in [0.1, 0.15) is 13.2 Å². The maximum atomic E-state index is 12.5. The predicted octanol–water partition coefficient (Wildman–Crippen LogP) is 1.78. The van der Waals surface area contributed by atoms with Crippen LogP contribution in [0.3, 0.4) is 0 Å². The van der Waals surface area contributed by atoms with Crippen LogP contribution in [0.1, 0.15) is 18.9 Å². The molecule has 4 aliphatic rings. The van der Waals surface area contributed by atoms with Crippen molar-refractivity contribution >= 4 is 17.3 Å². The third-order valence-corrected chi connectivity index (χ3v) is 5.85. The van der Waals surface area contributed by atoms with E-state index in [4.69, 9.17) is 31.2 Å². The van der Waals surface area contributed by atoms with Gasteiger partial charge in [0, 0.05) is 6.54 Å². The Balaban J connectivity index is 1.58. The summed E-state index contributed by atoms with van der Waals surface area (Å²) in [5.74, 6) is 0.964. The largest absolute Gasteiger partial charge is 0.485 e. The molecule has 0 radical (unpaired) electrons. The van der Waals surface area contributed by atoms with Crippen LogP contribution in [0.5, 0.6) is 11.5 Å². The Bertz CT molecular complexity index is 916. The number of hydrogen-bond donors (Lipinski definition) is 1. The average Bonchev–Trinajstić information content (AvgIpc) is 3.07. The molecule has 3 fully saturated rings. The maximum Gasteiger partial charge on any atom is 0.437 e. The van der Waals surface area contributed by atoms with E-state index >= 15 is 0 Å². The Morgan fingerprint density at radius 1 is 1.19 bits per heavy atom. The van der Waals surface area contributed by atoms with E-state index in [1.165, 1.54) is 4.68 Å². The SMILES string of the molecule is Nc1c(Cl)cc(-c2nn([C@H]3CN4CCC3CC4)c(=O)o2)c2c1OCCO2. The molecule has 0 unspecified atom stereocenters. The lowest BCUT2D eigenvalue weighted by Gasteiger charge is -2.43. The second kappa shape index (κ2) is 5.92. The molecule has 1 aromatic carbocycles. The number of nitrogen functional groups attached to an aromatic ring is 1. The number of anilines is 1. The molecule has 3 saturated heterocycles. The average molecular weight is 379 g/mol. The number of hydrogen-bond acceptors (Lipinski definition) is 7. The number of ether oxygens (including phenoxy) is 2. The van der Waals surface area contributed by atoms with Crippen molar-refractivity contribution in [1.82, 2.24) is 14.7 Å². The van der Waals surface area contributed by atoms with Crippen molar-refractivity contribution in [2.24, 2.45) is 5.92 Å². The molecule has 0 aliphatic carbocycles. The van der Waals surface area contributed by atoms with Crippen molar-refractivity contribution in [3.05, 3.63) is 21.6 Å². The fourth-order valence-corrected chi connectivity index (χ4v) is 4.37. The van der Waals surface area contributed by atoms with Gasteiger partial charge in [0.2, 0.25) is 0 Å². The fourth-order valence-electron chi connectivity index (χ4n) is 4.17. The van der Waals surface area contributed by atoms with Crippen LogP contribution in [0.2, 0.25) is 5.02 Å². The first-order valence-corrected chi connectivity index (χ1v) is 9.19. The number of fused-ring (bicyclic) bond motifs is 4. The second-order valence-corrected chi connectivity index (χ2v) is 7.41. The predicted molar refractivity (Wildman–Crippen MR) is 94.8 cm³/mol. The molecule has 9 heteroatoms. The van der Waals surface area contributed by atoms with Crippen LogP contribution in [0.15, 0.2) is 15.3 Å². The van der Waals surface area contributed by atoms with Gasteiger partial charge in [-0.1, -0.05) is 11.6 Å². The lowest BCUT2D eigenvalue weighted by molar-refractivity contribution is 0.0482. The van der Waals surface area contributed by atoms with Crippen molar-refractivity contribution in [3.63, 3.8) is 0 Å². The van der Waals surface area contributed by atoms with Crippen LogP contribution in [-0.4, -0.2) is 47.5 Å². The minimum atomic E-state index is -0.461. The summed E-state index contributed by atoms with van der Waals surface area (Å²) in [5, 5.41) is 4.79. The number of piperidine rings is 3. The number of nitrogens with zero attached hydrogens (tertiary/aromatic N) is 3.